The molecule has 23 heavy (non-hydrogen) atoms. The number of hydrogen-bond donors (Lipinski definition) is 3. The summed E-state index contributed by atoms with van der Waals surface area (Å²) >= 11 is 0. The first-order valence-electron chi connectivity index (χ1n) is 7.06. The molecule has 0 spiro atoms. The lowest BCUT2D eigenvalue weighted by atomic mass is 10.0. The molecule has 0 amide bonds. The maximum atomic E-state index is 12.9. The Morgan fingerprint density at radius 3 is 2.83 bits per heavy atom. The minimum Gasteiger partial charge on any atom is -0.392 e. The molecule has 2 aromatic rings. The number of benzene rings is 1. The van der Waals surface area contributed by atoms with Crippen molar-refractivity contribution in [2.75, 3.05) is 6.54 Å². The zero-order valence-corrected chi connectivity index (χ0v) is 12.0. The molecular formula is C14H15F3N4O2. The van der Waals surface area contributed by atoms with E-state index in [9.17, 15) is 23.1 Å². The first-order chi connectivity index (χ1) is 10.8. The number of aliphatic hydroxyl groups excluding tert-OH is 1. The van der Waals surface area contributed by atoms with Gasteiger partial charge in [-0.3, -0.25) is 9.88 Å². The van der Waals surface area contributed by atoms with Crippen LogP contribution in [-0.2, 0) is 12.7 Å². The van der Waals surface area contributed by atoms with Gasteiger partial charge in [-0.1, -0.05) is 12.1 Å². The molecule has 0 saturated carbocycles. The molecule has 1 aliphatic heterocycles. The second-order valence-corrected chi connectivity index (χ2v) is 5.58. The Bertz CT molecular complexity index is 740. The lowest BCUT2D eigenvalue weighted by Gasteiger charge is -2.24. The van der Waals surface area contributed by atoms with E-state index in [2.05, 4.69) is 15.2 Å². The standard InChI is InChI=1S/C14H15F3N4O2/c15-14(16,17)9-3-1-2-8(4-9)11-5-10(22)6-21(11)7-12-18-13(23)20-19-12/h1-4,10-11,22H,5-7H2,(H2,18,19,20,23). The molecule has 0 radical (unpaired) electrons. The number of hydrogen-bond acceptors (Lipinski definition) is 4. The third-order valence-corrected chi connectivity index (χ3v) is 3.88. The van der Waals surface area contributed by atoms with Crippen LogP contribution in [0.1, 0.15) is 29.4 Å². The van der Waals surface area contributed by atoms with Crippen LogP contribution in [0.2, 0.25) is 0 Å². The molecule has 1 aliphatic rings. The van der Waals surface area contributed by atoms with Gasteiger partial charge < -0.3 is 5.11 Å². The average molecular weight is 328 g/mol. The van der Waals surface area contributed by atoms with Gasteiger partial charge in [0, 0.05) is 12.6 Å². The van der Waals surface area contributed by atoms with E-state index in [-0.39, 0.29) is 12.6 Å². The highest BCUT2D eigenvalue weighted by atomic mass is 19.4. The van der Waals surface area contributed by atoms with Gasteiger partial charge in [-0.25, -0.2) is 9.89 Å². The zero-order valence-electron chi connectivity index (χ0n) is 12.0. The molecule has 1 aromatic carbocycles. The molecule has 2 unspecified atom stereocenters. The van der Waals surface area contributed by atoms with E-state index >= 15 is 0 Å². The van der Waals surface area contributed by atoms with Gasteiger partial charge in [-0.05, 0) is 24.1 Å². The smallest absolute Gasteiger partial charge is 0.392 e. The van der Waals surface area contributed by atoms with Crippen molar-refractivity contribution >= 4 is 0 Å². The monoisotopic (exact) mass is 328 g/mol. The third kappa shape index (κ3) is 3.45. The minimum atomic E-state index is -4.41. The normalized spacial score (nSPS) is 22.6. The van der Waals surface area contributed by atoms with Gasteiger partial charge >= 0.3 is 11.9 Å². The highest BCUT2D eigenvalue weighted by molar-refractivity contribution is 5.29. The fourth-order valence-electron chi connectivity index (χ4n) is 2.90. The van der Waals surface area contributed by atoms with E-state index < -0.39 is 23.5 Å². The van der Waals surface area contributed by atoms with Crippen molar-refractivity contribution in [1.29, 1.82) is 0 Å². The number of alkyl halides is 3. The second-order valence-electron chi connectivity index (χ2n) is 5.58. The summed E-state index contributed by atoms with van der Waals surface area (Å²) in [6, 6.07) is 4.72. The topological polar surface area (TPSA) is 85.0 Å². The first-order valence-corrected chi connectivity index (χ1v) is 7.06. The molecule has 124 valence electrons. The molecule has 1 aromatic heterocycles. The molecule has 1 saturated heterocycles. The van der Waals surface area contributed by atoms with Crippen LogP contribution in [0.5, 0.6) is 0 Å². The highest BCUT2D eigenvalue weighted by Crippen LogP contribution is 2.36. The average Bonchev–Trinajstić information content (AvgIpc) is 3.04. The van der Waals surface area contributed by atoms with Gasteiger partial charge in [-0.2, -0.15) is 18.3 Å². The van der Waals surface area contributed by atoms with E-state index in [1.807, 2.05) is 0 Å². The van der Waals surface area contributed by atoms with Gasteiger partial charge in [0.2, 0.25) is 0 Å². The maximum Gasteiger partial charge on any atom is 0.416 e. The summed E-state index contributed by atoms with van der Waals surface area (Å²) in [5.41, 5.74) is -0.686. The van der Waals surface area contributed by atoms with Crippen molar-refractivity contribution in [1.82, 2.24) is 20.1 Å². The van der Waals surface area contributed by atoms with Crippen LogP contribution < -0.4 is 5.69 Å². The molecule has 2 atom stereocenters. The molecule has 2 heterocycles. The summed E-state index contributed by atoms with van der Waals surface area (Å²) in [5.74, 6) is 0.376. The number of rotatable bonds is 3. The number of aromatic nitrogens is 3. The van der Waals surface area contributed by atoms with Crippen LogP contribution >= 0.6 is 0 Å². The first kappa shape index (κ1) is 15.8. The van der Waals surface area contributed by atoms with E-state index in [1.165, 1.54) is 6.07 Å². The highest BCUT2D eigenvalue weighted by Gasteiger charge is 2.35. The van der Waals surface area contributed by atoms with Gasteiger partial charge in [0.1, 0.15) is 5.82 Å². The molecular weight excluding hydrogens is 313 g/mol. The number of H-pyrrole nitrogens is 2. The number of β-amino-alcohol motifs (C(OH)–C–C–N with tert-alkyl or cyclic N) is 1. The summed E-state index contributed by atoms with van der Waals surface area (Å²) in [6.07, 6.45) is -4.72. The fraction of sp³-hybridized carbons (Fsp3) is 0.429. The Morgan fingerprint density at radius 2 is 2.17 bits per heavy atom. The Hall–Kier alpha value is -2.13. The number of likely N-dealkylation sites (tertiary alicyclic amines) is 1. The van der Waals surface area contributed by atoms with Crippen molar-refractivity contribution in [3.63, 3.8) is 0 Å². The molecule has 1 fully saturated rings. The Labute approximate surface area is 129 Å². The van der Waals surface area contributed by atoms with E-state index in [1.54, 1.807) is 11.0 Å². The lowest BCUT2D eigenvalue weighted by molar-refractivity contribution is -0.137. The van der Waals surface area contributed by atoms with Crippen molar-refractivity contribution < 1.29 is 18.3 Å². The fourth-order valence-corrected chi connectivity index (χ4v) is 2.90. The summed E-state index contributed by atoms with van der Waals surface area (Å²) < 4.78 is 38.6. The van der Waals surface area contributed by atoms with Crippen LogP contribution in [0.15, 0.2) is 29.1 Å². The van der Waals surface area contributed by atoms with E-state index in [0.717, 1.165) is 12.1 Å². The number of aliphatic hydroxyl groups is 1. The predicted molar refractivity (Wildman–Crippen MR) is 74.4 cm³/mol. The maximum absolute atomic E-state index is 12.9. The molecule has 6 nitrogen and oxygen atoms in total. The third-order valence-electron chi connectivity index (χ3n) is 3.88. The van der Waals surface area contributed by atoms with Gasteiger partial charge in [-0.15, -0.1) is 0 Å². The van der Waals surface area contributed by atoms with Gasteiger partial charge in [0.15, 0.2) is 0 Å². The van der Waals surface area contributed by atoms with Crippen LogP contribution in [0.3, 0.4) is 0 Å². The largest absolute Gasteiger partial charge is 0.416 e. The minimum absolute atomic E-state index is 0.233. The van der Waals surface area contributed by atoms with Gasteiger partial charge in [0.25, 0.3) is 0 Å². The van der Waals surface area contributed by atoms with Crippen LogP contribution in [0.4, 0.5) is 13.2 Å². The molecule has 3 N–H and O–H groups in total. The van der Waals surface area contributed by atoms with Crippen LogP contribution in [-0.4, -0.2) is 37.8 Å². The SMILES string of the molecule is O=c1[nH]nc(CN2CC(O)CC2c2cccc(C(F)(F)F)c2)[nH]1. The number of aromatic amines is 2. The van der Waals surface area contributed by atoms with Crippen molar-refractivity contribution in [2.24, 2.45) is 0 Å². The summed E-state index contributed by atoms with van der Waals surface area (Å²) in [5, 5.41) is 15.9. The molecule has 0 bridgehead atoms. The Balaban J connectivity index is 1.86. The number of nitrogens with one attached hydrogen (secondary N) is 2. The Kier molecular flexibility index (Phi) is 3.99. The molecule has 0 aliphatic carbocycles. The molecule has 3 rings (SSSR count). The van der Waals surface area contributed by atoms with Crippen LogP contribution in [0, 0.1) is 0 Å². The van der Waals surface area contributed by atoms with Crippen LogP contribution in [0.25, 0.3) is 0 Å². The van der Waals surface area contributed by atoms with Gasteiger partial charge in [0.05, 0.1) is 18.2 Å². The quantitative estimate of drug-likeness (QED) is 0.796. The van der Waals surface area contributed by atoms with E-state index in [4.69, 9.17) is 0 Å². The number of nitrogens with zero attached hydrogens (tertiary/aromatic N) is 2. The predicted octanol–water partition coefficient (Wildman–Crippen LogP) is 1.42. The summed E-state index contributed by atoms with van der Waals surface area (Å²) in [4.78, 5) is 15.4. The Morgan fingerprint density at radius 1 is 1.39 bits per heavy atom. The van der Waals surface area contributed by atoms with Crippen molar-refractivity contribution in [2.45, 2.75) is 31.3 Å². The van der Waals surface area contributed by atoms with Crippen molar-refractivity contribution in [3.05, 3.63) is 51.7 Å². The zero-order chi connectivity index (χ0) is 16.6. The molecule has 9 heteroatoms. The number of halogens is 3. The van der Waals surface area contributed by atoms with E-state index in [0.29, 0.717) is 24.4 Å². The summed E-state index contributed by atoms with van der Waals surface area (Å²) in [6.45, 7) is 0.534. The van der Waals surface area contributed by atoms with Crippen molar-refractivity contribution in [3.8, 4) is 0 Å². The second kappa shape index (κ2) is 5.82. The lowest BCUT2D eigenvalue weighted by Crippen LogP contribution is -2.25. The summed E-state index contributed by atoms with van der Waals surface area (Å²) in [7, 11) is 0.